The van der Waals surface area contributed by atoms with Gasteiger partial charge in [0.05, 0.1) is 0 Å². The summed E-state index contributed by atoms with van der Waals surface area (Å²) in [5.41, 5.74) is 5.16. The van der Waals surface area contributed by atoms with Crippen LogP contribution in [-0.4, -0.2) is 30.3 Å². The molecule has 5 heteroatoms. The molecule has 0 heterocycles. The summed E-state index contributed by atoms with van der Waals surface area (Å²) in [5.74, 6) is -0.787. The maximum atomic E-state index is 13.0. The van der Waals surface area contributed by atoms with Crippen molar-refractivity contribution in [1.29, 1.82) is 0 Å². The number of carbonyl (C=O) groups is 3. The lowest BCUT2D eigenvalue weighted by Gasteiger charge is -2.18. The maximum Gasteiger partial charge on any atom is 0.326 e. The fourth-order valence-electron chi connectivity index (χ4n) is 3.85. The first kappa shape index (κ1) is 25.9. The predicted molar refractivity (Wildman–Crippen MR) is 139 cm³/mol. The van der Waals surface area contributed by atoms with E-state index in [1.165, 1.54) is 0 Å². The van der Waals surface area contributed by atoms with Crippen molar-refractivity contribution in [2.75, 3.05) is 6.54 Å². The van der Waals surface area contributed by atoms with Crippen molar-refractivity contribution in [3.05, 3.63) is 95.1 Å². The number of rotatable bonds is 9. The molecular formula is C30H33NO4. The molecule has 0 bridgehead atoms. The van der Waals surface area contributed by atoms with Gasteiger partial charge < -0.3 is 10.1 Å². The predicted octanol–water partition coefficient (Wildman–Crippen LogP) is 6.14. The summed E-state index contributed by atoms with van der Waals surface area (Å²) >= 11 is 0. The van der Waals surface area contributed by atoms with E-state index >= 15 is 0 Å². The van der Waals surface area contributed by atoms with E-state index in [4.69, 9.17) is 4.74 Å². The third kappa shape index (κ3) is 6.66. The van der Waals surface area contributed by atoms with Crippen LogP contribution in [0.2, 0.25) is 0 Å². The van der Waals surface area contributed by atoms with Crippen LogP contribution < -0.4 is 5.32 Å². The molecular weight excluding hydrogens is 438 g/mol. The zero-order valence-electron chi connectivity index (χ0n) is 21.0. The molecule has 0 saturated heterocycles. The fourth-order valence-corrected chi connectivity index (χ4v) is 3.85. The van der Waals surface area contributed by atoms with Crippen molar-refractivity contribution < 1.29 is 19.1 Å². The number of hydrogen-bond donors (Lipinski definition) is 1. The van der Waals surface area contributed by atoms with Crippen molar-refractivity contribution in [2.24, 2.45) is 0 Å². The molecule has 0 aliphatic carbocycles. The van der Waals surface area contributed by atoms with Gasteiger partial charge in [-0.25, -0.2) is 0 Å². The Kier molecular flexibility index (Phi) is 8.58. The molecule has 3 rings (SSSR count). The zero-order valence-corrected chi connectivity index (χ0v) is 21.0. The maximum absolute atomic E-state index is 13.0. The van der Waals surface area contributed by atoms with E-state index in [2.05, 4.69) is 25.2 Å². The lowest BCUT2D eigenvalue weighted by molar-refractivity contribution is -0.145. The van der Waals surface area contributed by atoms with Gasteiger partial charge in [-0.05, 0) is 53.1 Å². The average molecular weight is 472 g/mol. The lowest BCUT2D eigenvalue weighted by Crippen LogP contribution is -2.34. The van der Waals surface area contributed by atoms with Crippen LogP contribution in [0.4, 0.5) is 0 Å². The van der Waals surface area contributed by atoms with Crippen molar-refractivity contribution in [3.8, 4) is 11.1 Å². The summed E-state index contributed by atoms with van der Waals surface area (Å²) in [7, 11) is 0. The highest BCUT2D eigenvalue weighted by molar-refractivity contribution is 6.02. The first-order valence-corrected chi connectivity index (χ1v) is 12.0. The van der Waals surface area contributed by atoms with Gasteiger partial charge in [0, 0.05) is 11.1 Å². The van der Waals surface area contributed by atoms with Gasteiger partial charge in [0.1, 0.15) is 6.54 Å². The van der Waals surface area contributed by atoms with Crippen molar-refractivity contribution in [1.82, 2.24) is 5.32 Å². The Labute approximate surface area is 207 Å². The molecule has 0 unspecified atom stereocenters. The van der Waals surface area contributed by atoms with Gasteiger partial charge in [-0.15, -0.1) is 0 Å². The topological polar surface area (TPSA) is 72.5 Å². The summed E-state index contributed by atoms with van der Waals surface area (Å²) in [6.45, 7) is 9.53. The third-order valence-corrected chi connectivity index (χ3v) is 5.95. The van der Waals surface area contributed by atoms with Gasteiger partial charge in [0.15, 0.2) is 6.10 Å². The van der Waals surface area contributed by atoms with Crippen LogP contribution in [0.15, 0.2) is 72.8 Å². The quantitative estimate of drug-likeness (QED) is 0.300. The highest BCUT2D eigenvalue weighted by atomic mass is 16.5. The van der Waals surface area contributed by atoms with Gasteiger partial charge in [-0.3, -0.25) is 14.4 Å². The molecule has 5 nitrogen and oxygen atoms in total. The lowest BCUT2D eigenvalue weighted by atomic mass is 9.89. The molecule has 0 radical (unpaired) electrons. The number of amides is 1. The molecule has 0 aromatic heterocycles. The van der Waals surface area contributed by atoms with E-state index in [1.54, 1.807) is 19.1 Å². The van der Waals surface area contributed by atoms with E-state index in [0.717, 1.165) is 22.3 Å². The number of esters is 1. The Morgan fingerprint density at radius 1 is 0.771 bits per heavy atom. The summed E-state index contributed by atoms with van der Waals surface area (Å²) in [6.07, 6.45) is -0.952. The van der Waals surface area contributed by atoms with Crippen LogP contribution in [0.5, 0.6) is 0 Å². The minimum atomic E-state index is -0.952. The standard InChI is InChI=1S/C30H33NO4/c1-19(2)25-15-16-26(27(17-25)20(3)4)29(33)21(5)35-28(32)18-31-30(34)24-13-11-23(12-14-24)22-9-7-6-8-10-22/h6-17,19-21H,18H2,1-5H3,(H,31,34)/t21-/m1/s1. The molecule has 1 atom stereocenters. The van der Waals surface area contributed by atoms with Gasteiger partial charge in [-0.1, -0.05) is 88.4 Å². The van der Waals surface area contributed by atoms with E-state index < -0.39 is 12.1 Å². The van der Waals surface area contributed by atoms with E-state index in [-0.39, 0.29) is 24.2 Å². The molecule has 1 N–H and O–H groups in total. The Balaban J connectivity index is 1.57. The summed E-state index contributed by atoms with van der Waals surface area (Å²) in [4.78, 5) is 37.8. The summed E-state index contributed by atoms with van der Waals surface area (Å²) < 4.78 is 5.34. The number of hydrogen-bond acceptors (Lipinski definition) is 4. The fraction of sp³-hybridized carbons (Fsp3) is 0.300. The molecule has 3 aromatic rings. The van der Waals surface area contributed by atoms with Crippen LogP contribution in [0, 0.1) is 0 Å². The van der Waals surface area contributed by atoms with Crippen LogP contribution in [-0.2, 0) is 9.53 Å². The highest BCUT2D eigenvalue weighted by Gasteiger charge is 2.23. The van der Waals surface area contributed by atoms with E-state index in [0.29, 0.717) is 17.0 Å². The number of benzene rings is 3. The van der Waals surface area contributed by atoms with Crippen LogP contribution >= 0.6 is 0 Å². The monoisotopic (exact) mass is 471 g/mol. The molecule has 1 amide bonds. The first-order valence-electron chi connectivity index (χ1n) is 12.0. The second-order valence-corrected chi connectivity index (χ2v) is 9.28. The normalized spacial score (nSPS) is 11.9. The SMILES string of the molecule is CC(C)c1ccc(C(=O)[C@@H](C)OC(=O)CNC(=O)c2ccc(-c3ccccc3)cc2)c(C(C)C)c1. The molecule has 0 aliphatic heterocycles. The van der Waals surface area contributed by atoms with Crippen LogP contribution in [0.3, 0.4) is 0 Å². The van der Waals surface area contributed by atoms with Crippen molar-refractivity contribution in [2.45, 2.75) is 52.6 Å². The number of Topliss-reactive ketones (excluding diaryl/α,β-unsaturated/α-hetero) is 1. The second-order valence-electron chi connectivity index (χ2n) is 9.28. The molecule has 182 valence electrons. The first-order chi connectivity index (χ1) is 16.7. The van der Waals surface area contributed by atoms with Gasteiger partial charge in [0.2, 0.25) is 5.78 Å². The van der Waals surface area contributed by atoms with Gasteiger partial charge in [-0.2, -0.15) is 0 Å². The third-order valence-electron chi connectivity index (χ3n) is 5.95. The van der Waals surface area contributed by atoms with Crippen molar-refractivity contribution >= 4 is 17.7 Å². The number of ketones is 1. The Hall–Kier alpha value is -3.73. The summed E-state index contributed by atoms with van der Waals surface area (Å²) in [6, 6.07) is 22.8. The minimum Gasteiger partial charge on any atom is -0.453 e. The van der Waals surface area contributed by atoms with Gasteiger partial charge >= 0.3 is 5.97 Å². The number of nitrogens with one attached hydrogen (secondary N) is 1. The van der Waals surface area contributed by atoms with Crippen molar-refractivity contribution in [3.63, 3.8) is 0 Å². The molecule has 0 aliphatic rings. The highest BCUT2D eigenvalue weighted by Crippen LogP contribution is 2.26. The molecule has 35 heavy (non-hydrogen) atoms. The van der Waals surface area contributed by atoms with Crippen LogP contribution in [0.25, 0.3) is 11.1 Å². The molecule has 0 saturated carbocycles. The largest absolute Gasteiger partial charge is 0.453 e. The molecule has 3 aromatic carbocycles. The minimum absolute atomic E-state index is 0.156. The zero-order chi connectivity index (χ0) is 25.5. The average Bonchev–Trinajstić information content (AvgIpc) is 2.86. The number of ether oxygens (including phenoxy) is 1. The molecule has 0 spiro atoms. The van der Waals surface area contributed by atoms with Crippen LogP contribution in [0.1, 0.15) is 78.3 Å². The second kappa shape index (κ2) is 11.6. The van der Waals surface area contributed by atoms with E-state index in [9.17, 15) is 14.4 Å². The Bertz CT molecular complexity index is 1180. The van der Waals surface area contributed by atoms with Gasteiger partial charge in [0.25, 0.3) is 5.91 Å². The van der Waals surface area contributed by atoms with E-state index in [1.807, 2.05) is 68.4 Å². The number of carbonyl (C=O) groups excluding carboxylic acids is 3. The Morgan fingerprint density at radius 2 is 1.40 bits per heavy atom. The smallest absolute Gasteiger partial charge is 0.326 e. The molecule has 0 fully saturated rings. The summed E-state index contributed by atoms with van der Waals surface area (Å²) in [5, 5.41) is 2.57. The Morgan fingerprint density at radius 3 is 2.00 bits per heavy atom.